The van der Waals surface area contributed by atoms with Crippen LogP contribution in [0.1, 0.15) is 24.1 Å². The lowest BCUT2D eigenvalue weighted by Gasteiger charge is -2.17. The summed E-state index contributed by atoms with van der Waals surface area (Å²) in [6.07, 6.45) is 1.57. The second-order valence-corrected chi connectivity index (χ2v) is 6.36. The molecule has 7 heteroatoms. The van der Waals surface area contributed by atoms with Crippen molar-refractivity contribution in [2.45, 2.75) is 32.4 Å². The third-order valence-corrected chi connectivity index (χ3v) is 4.93. The molecule has 124 valence electrons. The molecule has 0 saturated carbocycles. The molecule has 2 N–H and O–H groups in total. The molecule has 5 nitrogen and oxygen atoms in total. The number of carbonyl (C=O) groups is 1. The number of hydrogen-bond acceptors (Lipinski definition) is 5. The SMILES string of the molecule is Cc1ncsc1-c1ccc(CNC(=O)C2CCCN2O)cc1.Cl. The average molecular weight is 354 g/mol. The summed E-state index contributed by atoms with van der Waals surface area (Å²) < 4.78 is 0. The fraction of sp³-hybridized carbons (Fsp3) is 0.375. The molecule has 1 aliphatic heterocycles. The third-order valence-electron chi connectivity index (χ3n) is 3.96. The first-order chi connectivity index (χ1) is 10.6. The van der Waals surface area contributed by atoms with Crippen LogP contribution in [0.3, 0.4) is 0 Å². The summed E-state index contributed by atoms with van der Waals surface area (Å²) in [4.78, 5) is 17.4. The Kier molecular flexibility index (Phi) is 6.12. The van der Waals surface area contributed by atoms with Gasteiger partial charge in [0.25, 0.3) is 0 Å². The quantitative estimate of drug-likeness (QED) is 0.886. The number of halogens is 1. The minimum Gasteiger partial charge on any atom is -0.351 e. The van der Waals surface area contributed by atoms with E-state index in [0.29, 0.717) is 19.5 Å². The number of benzene rings is 1. The molecule has 1 aromatic heterocycles. The van der Waals surface area contributed by atoms with Gasteiger partial charge in [0.15, 0.2) is 0 Å². The fourth-order valence-corrected chi connectivity index (χ4v) is 3.49. The van der Waals surface area contributed by atoms with Crippen molar-refractivity contribution in [3.05, 3.63) is 41.0 Å². The van der Waals surface area contributed by atoms with Crippen LogP contribution in [0.5, 0.6) is 0 Å². The first-order valence-electron chi connectivity index (χ1n) is 7.38. The minimum absolute atomic E-state index is 0. The Morgan fingerprint density at radius 3 is 2.74 bits per heavy atom. The molecule has 1 aromatic carbocycles. The van der Waals surface area contributed by atoms with Gasteiger partial charge in [-0.2, -0.15) is 5.06 Å². The zero-order valence-electron chi connectivity index (χ0n) is 12.9. The van der Waals surface area contributed by atoms with E-state index in [1.54, 1.807) is 11.3 Å². The predicted molar refractivity (Wildman–Crippen MR) is 92.9 cm³/mol. The molecule has 1 saturated heterocycles. The number of aryl methyl sites for hydroxylation is 1. The highest BCUT2D eigenvalue weighted by Gasteiger charge is 2.29. The monoisotopic (exact) mass is 353 g/mol. The number of aromatic nitrogens is 1. The number of carbonyl (C=O) groups excluding carboxylic acids is 1. The smallest absolute Gasteiger partial charge is 0.240 e. The van der Waals surface area contributed by atoms with Gasteiger partial charge < -0.3 is 10.5 Å². The maximum Gasteiger partial charge on any atom is 0.240 e. The Morgan fingerprint density at radius 1 is 1.43 bits per heavy atom. The molecule has 0 spiro atoms. The first-order valence-corrected chi connectivity index (χ1v) is 8.26. The molecule has 2 heterocycles. The molecule has 0 bridgehead atoms. The number of hydroxylamine groups is 2. The van der Waals surface area contributed by atoms with Crippen LogP contribution in [-0.4, -0.2) is 33.7 Å². The predicted octanol–water partition coefficient (Wildman–Crippen LogP) is 3.01. The molecule has 2 aromatic rings. The van der Waals surface area contributed by atoms with Crippen molar-refractivity contribution < 1.29 is 10.0 Å². The van der Waals surface area contributed by atoms with Gasteiger partial charge in [0.2, 0.25) is 5.91 Å². The molecular weight excluding hydrogens is 334 g/mol. The average Bonchev–Trinajstić information content (AvgIpc) is 3.14. The van der Waals surface area contributed by atoms with Gasteiger partial charge in [-0.25, -0.2) is 4.98 Å². The molecule has 1 amide bonds. The second kappa shape index (κ2) is 7.88. The van der Waals surface area contributed by atoms with E-state index < -0.39 is 6.04 Å². The number of hydrogen-bond donors (Lipinski definition) is 2. The molecule has 23 heavy (non-hydrogen) atoms. The van der Waals surface area contributed by atoms with Gasteiger partial charge in [0.05, 0.1) is 16.1 Å². The van der Waals surface area contributed by atoms with Crippen LogP contribution in [0.15, 0.2) is 29.8 Å². The molecule has 1 atom stereocenters. The number of thiazole rings is 1. The van der Waals surface area contributed by atoms with Crippen LogP contribution in [-0.2, 0) is 11.3 Å². The van der Waals surface area contributed by atoms with Gasteiger partial charge in [-0.15, -0.1) is 23.7 Å². The van der Waals surface area contributed by atoms with Crippen LogP contribution in [0, 0.1) is 6.92 Å². The summed E-state index contributed by atoms with van der Waals surface area (Å²) in [5.41, 5.74) is 5.07. The van der Waals surface area contributed by atoms with E-state index in [0.717, 1.165) is 28.3 Å². The summed E-state index contributed by atoms with van der Waals surface area (Å²) in [6.45, 7) is 3.05. The third kappa shape index (κ3) is 4.09. The normalized spacial score (nSPS) is 17.7. The van der Waals surface area contributed by atoms with Crippen LogP contribution in [0.2, 0.25) is 0 Å². The maximum absolute atomic E-state index is 12.0. The Bertz CT molecular complexity index is 660. The lowest BCUT2D eigenvalue weighted by atomic mass is 10.1. The van der Waals surface area contributed by atoms with Crippen LogP contribution >= 0.6 is 23.7 Å². The van der Waals surface area contributed by atoms with Crippen molar-refractivity contribution in [1.29, 1.82) is 0 Å². The maximum atomic E-state index is 12.0. The van der Waals surface area contributed by atoms with Crippen molar-refractivity contribution in [2.75, 3.05) is 6.54 Å². The van der Waals surface area contributed by atoms with E-state index in [-0.39, 0.29) is 18.3 Å². The molecule has 0 aliphatic carbocycles. The largest absolute Gasteiger partial charge is 0.351 e. The van der Waals surface area contributed by atoms with Gasteiger partial charge in [0.1, 0.15) is 6.04 Å². The number of nitrogens with one attached hydrogen (secondary N) is 1. The van der Waals surface area contributed by atoms with Crippen molar-refractivity contribution in [3.63, 3.8) is 0 Å². The Labute approximate surface area is 145 Å². The van der Waals surface area contributed by atoms with Gasteiger partial charge in [0, 0.05) is 13.1 Å². The zero-order valence-corrected chi connectivity index (χ0v) is 14.5. The molecule has 1 fully saturated rings. The van der Waals surface area contributed by atoms with Crippen LogP contribution in [0.25, 0.3) is 10.4 Å². The van der Waals surface area contributed by atoms with Crippen LogP contribution < -0.4 is 5.32 Å². The van der Waals surface area contributed by atoms with Gasteiger partial charge >= 0.3 is 0 Å². The first kappa shape index (κ1) is 17.9. The summed E-state index contributed by atoms with van der Waals surface area (Å²) in [5.74, 6) is -0.109. The van der Waals surface area contributed by atoms with E-state index in [1.165, 1.54) is 4.88 Å². The molecule has 0 radical (unpaired) electrons. The van der Waals surface area contributed by atoms with Gasteiger partial charge in [-0.05, 0) is 30.9 Å². The summed E-state index contributed by atoms with van der Waals surface area (Å²) in [6, 6.07) is 7.73. The zero-order chi connectivity index (χ0) is 15.5. The Morgan fingerprint density at radius 2 is 2.17 bits per heavy atom. The van der Waals surface area contributed by atoms with Crippen molar-refractivity contribution >= 4 is 29.7 Å². The molecular formula is C16H20ClN3O2S. The minimum atomic E-state index is -0.404. The highest BCUT2D eigenvalue weighted by atomic mass is 35.5. The number of nitrogens with zero attached hydrogens (tertiary/aromatic N) is 2. The fourth-order valence-electron chi connectivity index (χ4n) is 2.68. The Hall–Kier alpha value is -1.47. The summed E-state index contributed by atoms with van der Waals surface area (Å²) in [7, 11) is 0. The summed E-state index contributed by atoms with van der Waals surface area (Å²) >= 11 is 1.63. The number of rotatable bonds is 4. The van der Waals surface area contributed by atoms with Crippen molar-refractivity contribution in [3.8, 4) is 10.4 Å². The molecule has 1 unspecified atom stereocenters. The number of amides is 1. The standard InChI is InChI=1S/C16H19N3O2S.ClH/c1-11-15(22-10-18-11)13-6-4-12(5-7-13)9-17-16(20)14-3-2-8-19(14)21;/h4-7,10,14,21H,2-3,8-9H2,1H3,(H,17,20);1H. The van der Waals surface area contributed by atoms with E-state index in [9.17, 15) is 10.0 Å². The van der Waals surface area contributed by atoms with Gasteiger partial charge in [-0.1, -0.05) is 24.3 Å². The lowest BCUT2D eigenvalue weighted by molar-refractivity contribution is -0.145. The van der Waals surface area contributed by atoms with E-state index in [4.69, 9.17) is 0 Å². The molecule has 1 aliphatic rings. The highest BCUT2D eigenvalue weighted by molar-refractivity contribution is 7.13. The van der Waals surface area contributed by atoms with Crippen LogP contribution in [0.4, 0.5) is 0 Å². The van der Waals surface area contributed by atoms with Crippen molar-refractivity contribution in [1.82, 2.24) is 15.4 Å². The van der Waals surface area contributed by atoms with E-state index in [1.807, 2.05) is 24.6 Å². The van der Waals surface area contributed by atoms with E-state index in [2.05, 4.69) is 22.4 Å². The lowest BCUT2D eigenvalue weighted by Crippen LogP contribution is -2.41. The highest BCUT2D eigenvalue weighted by Crippen LogP contribution is 2.27. The van der Waals surface area contributed by atoms with Crippen molar-refractivity contribution in [2.24, 2.45) is 0 Å². The Balaban J connectivity index is 0.00000192. The molecule has 3 rings (SSSR count). The summed E-state index contributed by atoms with van der Waals surface area (Å²) in [5, 5.41) is 13.6. The second-order valence-electron chi connectivity index (χ2n) is 5.50. The topological polar surface area (TPSA) is 65.5 Å². The van der Waals surface area contributed by atoms with Gasteiger partial charge in [-0.3, -0.25) is 4.79 Å². The van der Waals surface area contributed by atoms with E-state index >= 15 is 0 Å².